The minimum atomic E-state index is -1.28. The lowest BCUT2D eigenvalue weighted by Crippen LogP contribution is -2.03. The van der Waals surface area contributed by atoms with Gasteiger partial charge in [-0.1, -0.05) is 5.57 Å². The normalized spacial score (nSPS) is 16.4. The third-order valence-electron chi connectivity index (χ3n) is 3.14. The second kappa shape index (κ2) is 5.54. The minimum absolute atomic E-state index is 0.284. The molecular weight excluding hydrogens is 260 g/mol. The van der Waals surface area contributed by atoms with Gasteiger partial charge in [-0.3, -0.25) is 0 Å². The summed E-state index contributed by atoms with van der Waals surface area (Å²) in [6, 6.07) is 1.59. The fourth-order valence-electron chi connectivity index (χ4n) is 2.10. The number of aliphatic hydroxyl groups is 1. The van der Waals surface area contributed by atoms with Crippen LogP contribution in [0, 0.1) is 6.92 Å². The minimum Gasteiger partial charge on any atom is -0.496 e. The van der Waals surface area contributed by atoms with Crippen LogP contribution in [-0.2, 0) is 4.74 Å². The molecule has 20 heavy (non-hydrogen) atoms. The van der Waals surface area contributed by atoms with Gasteiger partial charge in [-0.2, -0.15) is 0 Å². The number of esters is 1. The van der Waals surface area contributed by atoms with Crippen molar-refractivity contribution < 1.29 is 24.1 Å². The van der Waals surface area contributed by atoms with Crippen LogP contribution in [-0.4, -0.2) is 24.8 Å². The van der Waals surface area contributed by atoms with Gasteiger partial charge in [-0.05, 0) is 32.9 Å². The summed E-state index contributed by atoms with van der Waals surface area (Å²) in [5.41, 5.74) is 2.52. The van der Waals surface area contributed by atoms with Gasteiger partial charge in [0.1, 0.15) is 18.1 Å². The highest BCUT2D eigenvalue weighted by molar-refractivity contribution is 5.95. The van der Waals surface area contributed by atoms with E-state index in [1.807, 2.05) is 26.8 Å². The summed E-state index contributed by atoms with van der Waals surface area (Å²) >= 11 is 0. The van der Waals surface area contributed by atoms with Crippen LogP contribution in [0.2, 0.25) is 0 Å². The van der Waals surface area contributed by atoms with Gasteiger partial charge in [0.2, 0.25) is 6.29 Å². The number of allylic oxidation sites excluding steroid dienone is 1. The molecule has 5 nitrogen and oxygen atoms in total. The summed E-state index contributed by atoms with van der Waals surface area (Å²) in [4.78, 5) is 11.7. The molecule has 1 aliphatic heterocycles. The van der Waals surface area contributed by atoms with Crippen molar-refractivity contribution in [2.24, 2.45) is 0 Å². The third kappa shape index (κ3) is 2.49. The number of ether oxygens (including phenoxy) is 3. The number of fused-ring (bicyclic) bond motifs is 1. The van der Waals surface area contributed by atoms with Gasteiger partial charge < -0.3 is 19.3 Å². The fourth-order valence-corrected chi connectivity index (χ4v) is 2.10. The number of rotatable bonds is 4. The fraction of sp³-hybridized carbons (Fsp3) is 0.400. The summed E-state index contributed by atoms with van der Waals surface area (Å²) in [6.07, 6.45) is 0.657. The Bertz CT molecular complexity index is 570. The largest absolute Gasteiger partial charge is 0.496 e. The highest BCUT2D eigenvalue weighted by atomic mass is 16.6. The number of methoxy groups -OCH3 is 1. The van der Waals surface area contributed by atoms with Crippen LogP contribution < -0.4 is 9.47 Å². The summed E-state index contributed by atoms with van der Waals surface area (Å²) in [7, 11) is 1.48. The van der Waals surface area contributed by atoms with Gasteiger partial charge in [0.25, 0.3) is 0 Å². The first kappa shape index (κ1) is 14.4. The van der Waals surface area contributed by atoms with Crippen molar-refractivity contribution in [3.8, 4) is 11.5 Å². The van der Waals surface area contributed by atoms with E-state index in [-0.39, 0.29) is 5.56 Å². The van der Waals surface area contributed by atoms with E-state index in [9.17, 15) is 9.90 Å². The molecule has 0 amide bonds. The number of carbonyl (C=O) groups excluding carboxylic acids is 1. The van der Waals surface area contributed by atoms with Crippen molar-refractivity contribution in [2.45, 2.75) is 27.1 Å². The summed E-state index contributed by atoms with van der Waals surface area (Å²) in [6.45, 7) is 6.18. The van der Waals surface area contributed by atoms with Crippen molar-refractivity contribution in [3.63, 3.8) is 0 Å². The summed E-state index contributed by atoms with van der Waals surface area (Å²) in [5, 5.41) is 9.75. The van der Waals surface area contributed by atoms with Gasteiger partial charge in [0.15, 0.2) is 0 Å². The molecule has 1 N–H and O–H groups in total. The molecule has 0 aromatic heterocycles. The molecule has 0 saturated carbocycles. The lowest BCUT2D eigenvalue weighted by molar-refractivity contribution is -0.0556. The molecule has 0 fully saturated rings. The predicted octanol–water partition coefficient (Wildman–Crippen LogP) is 2.51. The average Bonchev–Trinajstić information content (AvgIpc) is 2.65. The standard InChI is InChI=1S/C15H18O5/c1-8(2)5-6-19-11-7-10-12(13(18-4)9(11)3)15(17)20-14(10)16/h5,7,15,17H,6H2,1-4H3. The average molecular weight is 278 g/mol. The quantitative estimate of drug-likeness (QED) is 0.677. The first-order valence-electron chi connectivity index (χ1n) is 6.32. The molecule has 1 aromatic carbocycles. The second-order valence-corrected chi connectivity index (χ2v) is 4.84. The highest BCUT2D eigenvalue weighted by Crippen LogP contribution is 2.42. The van der Waals surface area contributed by atoms with Crippen LogP contribution in [0.1, 0.15) is 41.6 Å². The topological polar surface area (TPSA) is 65.0 Å². The van der Waals surface area contributed by atoms with E-state index < -0.39 is 12.3 Å². The van der Waals surface area contributed by atoms with Gasteiger partial charge in [-0.15, -0.1) is 0 Å². The highest BCUT2D eigenvalue weighted by Gasteiger charge is 2.35. The molecule has 1 aromatic rings. The first-order valence-corrected chi connectivity index (χ1v) is 6.32. The Labute approximate surface area is 117 Å². The molecule has 1 aliphatic rings. The van der Waals surface area contributed by atoms with Crippen molar-refractivity contribution in [1.29, 1.82) is 0 Å². The Balaban J connectivity index is 2.43. The lowest BCUT2D eigenvalue weighted by atomic mass is 10.0. The summed E-state index contributed by atoms with van der Waals surface area (Å²) in [5.74, 6) is 0.398. The van der Waals surface area contributed by atoms with Crippen molar-refractivity contribution in [2.75, 3.05) is 13.7 Å². The van der Waals surface area contributed by atoms with E-state index in [4.69, 9.17) is 14.2 Å². The van der Waals surface area contributed by atoms with Crippen LogP contribution in [0.25, 0.3) is 0 Å². The van der Waals surface area contributed by atoms with E-state index >= 15 is 0 Å². The van der Waals surface area contributed by atoms with Crippen molar-refractivity contribution >= 4 is 5.97 Å². The van der Waals surface area contributed by atoms with E-state index in [1.165, 1.54) is 7.11 Å². The zero-order valence-corrected chi connectivity index (χ0v) is 12.0. The van der Waals surface area contributed by atoms with E-state index in [0.717, 1.165) is 11.1 Å². The van der Waals surface area contributed by atoms with Crippen LogP contribution in [0.4, 0.5) is 0 Å². The number of carbonyl (C=O) groups is 1. The van der Waals surface area contributed by atoms with Crippen LogP contribution in [0.15, 0.2) is 17.7 Å². The monoisotopic (exact) mass is 278 g/mol. The van der Waals surface area contributed by atoms with Gasteiger partial charge in [0.05, 0.1) is 18.2 Å². The number of benzene rings is 1. The number of cyclic esters (lactones) is 1. The third-order valence-corrected chi connectivity index (χ3v) is 3.14. The molecule has 1 atom stereocenters. The Kier molecular flexibility index (Phi) is 3.99. The van der Waals surface area contributed by atoms with Gasteiger partial charge >= 0.3 is 5.97 Å². The molecular formula is C15H18O5. The second-order valence-electron chi connectivity index (χ2n) is 4.84. The van der Waals surface area contributed by atoms with Gasteiger partial charge in [-0.25, -0.2) is 4.79 Å². The molecule has 0 bridgehead atoms. The molecule has 2 rings (SSSR count). The molecule has 0 spiro atoms. The molecule has 108 valence electrons. The Hall–Kier alpha value is -2.01. The molecule has 1 heterocycles. The lowest BCUT2D eigenvalue weighted by Gasteiger charge is -2.15. The number of aliphatic hydroxyl groups excluding tert-OH is 1. The maximum absolute atomic E-state index is 11.7. The molecule has 0 aliphatic carbocycles. The summed E-state index contributed by atoms with van der Waals surface area (Å²) < 4.78 is 15.7. The van der Waals surface area contributed by atoms with Crippen LogP contribution in [0.3, 0.4) is 0 Å². The van der Waals surface area contributed by atoms with E-state index in [0.29, 0.717) is 23.7 Å². The molecule has 0 radical (unpaired) electrons. The van der Waals surface area contributed by atoms with Crippen molar-refractivity contribution in [3.05, 3.63) is 34.4 Å². The number of hydrogen-bond donors (Lipinski definition) is 1. The Morgan fingerprint density at radius 2 is 2.20 bits per heavy atom. The predicted molar refractivity (Wildman–Crippen MR) is 73.0 cm³/mol. The number of hydrogen-bond acceptors (Lipinski definition) is 5. The maximum Gasteiger partial charge on any atom is 0.341 e. The Morgan fingerprint density at radius 1 is 1.50 bits per heavy atom. The maximum atomic E-state index is 11.7. The van der Waals surface area contributed by atoms with Crippen molar-refractivity contribution in [1.82, 2.24) is 0 Å². The van der Waals surface area contributed by atoms with E-state index in [1.54, 1.807) is 6.07 Å². The first-order chi connectivity index (χ1) is 9.45. The Morgan fingerprint density at radius 3 is 2.80 bits per heavy atom. The smallest absolute Gasteiger partial charge is 0.341 e. The zero-order valence-electron chi connectivity index (χ0n) is 12.0. The molecule has 5 heteroatoms. The van der Waals surface area contributed by atoms with Crippen LogP contribution >= 0.6 is 0 Å². The molecule has 1 unspecified atom stereocenters. The van der Waals surface area contributed by atoms with Gasteiger partial charge in [0, 0.05) is 5.56 Å². The SMILES string of the molecule is COc1c(C)c(OCC=C(C)C)cc2c1C(O)OC2=O. The van der Waals surface area contributed by atoms with Crippen LogP contribution in [0.5, 0.6) is 11.5 Å². The van der Waals surface area contributed by atoms with E-state index in [2.05, 4.69) is 0 Å². The zero-order chi connectivity index (χ0) is 14.9. The molecule has 0 saturated heterocycles.